The van der Waals surface area contributed by atoms with E-state index in [0.717, 1.165) is 32.3 Å². The van der Waals surface area contributed by atoms with E-state index < -0.39 is 5.91 Å². The number of rotatable bonds is 9. The number of aromatic nitrogens is 1. The standard InChI is InChI=1S/C36H29N3O3S2/c1-2-33(36(42)39-31-14-8-6-12-28(31)29-13-7-9-15-32(29)39)44-27-18-16-26(17-19-27)37-35(41)30(22-24-20-21-43-23-24)38-34(40)25-10-4-3-5-11-25/h3-23,33H,2H2,1H3,(H,37,41)(H,38,40)/b30-22-. The van der Waals surface area contributed by atoms with Crippen LogP contribution in [0.25, 0.3) is 27.9 Å². The molecule has 44 heavy (non-hydrogen) atoms. The summed E-state index contributed by atoms with van der Waals surface area (Å²) in [6.07, 6.45) is 2.31. The quantitative estimate of drug-likeness (QED) is 0.126. The molecule has 0 bridgehead atoms. The number of hydrogen-bond acceptors (Lipinski definition) is 5. The highest BCUT2D eigenvalue weighted by atomic mass is 32.2. The van der Waals surface area contributed by atoms with E-state index in [1.807, 2.05) is 82.9 Å². The molecule has 2 heterocycles. The summed E-state index contributed by atoms with van der Waals surface area (Å²) in [4.78, 5) is 41.0. The highest BCUT2D eigenvalue weighted by Crippen LogP contribution is 2.33. The topological polar surface area (TPSA) is 80.2 Å². The lowest BCUT2D eigenvalue weighted by Gasteiger charge is -2.16. The SMILES string of the molecule is CCC(Sc1ccc(NC(=O)/C(=C/c2ccsc2)NC(=O)c2ccccc2)cc1)C(=O)n1c2ccccc2c2ccccc21. The van der Waals surface area contributed by atoms with Gasteiger partial charge in [0.1, 0.15) is 5.70 Å². The molecule has 0 radical (unpaired) electrons. The molecule has 4 aromatic carbocycles. The normalized spacial score (nSPS) is 12.2. The minimum atomic E-state index is -0.436. The van der Waals surface area contributed by atoms with Crippen LogP contribution in [0.1, 0.15) is 34.1 Å². The molecule has 6 aromatic rings. The van der Waals surface area contributed by atoms with Crippen LogP contribution in [0, 0.1) is 0 Å². The first-order chi connectivity index (χ1) is 21.5. The number of thioether (sulfide) groups is 1. The Morgan fingerprint density at radius 2 is 1.45 bits per heavy atom. The third kappa shape index (κ3) is 6.22. The molecule has 1 atom stereocenters. The first-order valence-corrected chi connectivity index (χ1v) is 16.0. The zero-order valence-electron chi connectivity index (χ0n) is 23.9. The highest BCUT2D eigenvalue weighted by molar-refractivity contribution is 8.00. The van der Waals surface area contributed by atoms with Crippen LogP contribution in [-0.4, -0.2) is 27.5 Å². The third-order valence-corrected chi connectivity index (χ3v) is 9.29. The van der Waals surface area contributed by atoms with Gasteiger partial charge in [-0.15, -0.1) is 11.8 Å². The number of nitrogens with zero attached hydrogens (tertiary/aromatic N) is 1. The maximum Gasteiger partial charge on any atom is 0.272 e. The van der Waals surface area contributed by atoms with Crippen LogP contribution in [0.4, 0.5) is 5.69 Å². The first kappa shape index (κ1) is 29.2. The molecule has 2 aromatic heterocycles. The average Bonchev–Trinajstić information content (AvgIpc) is 3.70. The fraction of sp³-hybridized carbons (Fsp3) is 0.0833. The third-order valence-electron chi connectivity index (χ3n) is 7.22. The van der Waals surface area contributed by atoms with Gasteiger partial charge in [-0.25, -0.2) is 0 Å². The maximum atomic E-state index is 13.9. The first-order valence-electron chi connectivity index (χ1n) is 14.2. The molecule has 1 unspecified atom stereocenters. The molecule has 6 rings (SSSR count). The molecular weight excluding hydrogens is 587 g/mol. The van der Waals surface area contributed by atoms with E-state index in [-0.39, 0.29) is 22.8 Å². The second-order valence-electron chi connectivity index (χ2n) is 10.1. The van der Waals surface area contributed by atoms with E-state index in [0.29, 0.717) is 17.7 Å². The van der Waals surface area contributed by atoms with E-state index in [1.54, 1.807) is 42.5 Å². The van der Waals surface area contributed by atoms with Crippen molar-refractivity contribution in [2.75, 3.05) is 5.32 Å². The second-order valence-corrected chi connectivity index (χ2v) is 12.2. The minimum absolute atomic E-state index is 0.0321. The number of carbonyl (C=O) groups excluding carboxylic acids is 3. The summed E-state index contributed by atoms with van der Waals surface area (Å²) >= 11 is 3.01. The molecule has 8 heteroatoms. The van der Waals surface area contributed by atoms with Gasteiger partial charge in [-0.1, -0.05) is 61.5 Å². The highest BCUT2D eigenvalue weighted by Gasteiger charge is 2.24. The summed E-state index contributed by atoms with van der Waals surface area (Å²) in [5.74, 6) is -0.772. The van der Waals surface area contributed by atoms with Crippen LogP contribution in [-0.2, 0) is 4.79 Å². The van der Waals surface area contributed by atoms with Crippen molar-refractivity contribution in [2.24, 2.45) is 0 Å². The lowest BCUT2D eigenvalue weighted by Crippen LogP contribution is -2.30. The number of hydrogen-bond donors (Lipinski definition) is 2. The fourth-order valence-corrected chi connectivity index (χ4v) is 6.67. The molecule has 0 aliphatic rings. The number of benzene rings is 4. The van der Waals surface area contributed by atoms with Crippen molar-refractivity contribution in [1.29, 1.82) is 0 Å². The number of amides is 2. The zero-order valence-corrected chi connectivity index (χ0v) is 25.5. The lowest BCUT2D eigenvalue weighted by atomic mass is 10.2. The number of nitrogens with one attached hydrogen (secondary N) is 2. The summed E-state index contributed by atoms with van der Waals surface area (Å²) in [5.41, 5.74) is 3.80. The van der Waals surface area contributed by atoms with Crippen LogP contribution in [0.15, 0.2) is 131 Å². The van der Waals surface area contributed by atoms with Crippen LogP contribution in [0.3, 0.4) is 0 Å². The Labute approximate surface area is 263 Å². The number of anilines is 1. The molecule has 218 valence electrons. The van der Waals surface area contributed by atoms with Gasteiger partial charge in [-0.05, 0) is 83.4 Å². The number of fused-ring (bicyclic) bond motifs is 3. The summed E-state index contributed by atoms with van der Waals surface area (Å²) in [7, 11) is 0. The van der Waals surface area contributed by atoms with Crippen molar-refractivity contribution in [3.05, 3.63) is 137 Å². The molecule has 6 nitrogen and oxygen atoms in total. The van der Waals surface area contributed by atoms with Crippen molar-refractivity contribution < 1.29 is 14.4 Å². The number of para-hydroxylation sites is 2. The van der Waals surface area contributed by atoms with Crippen molar-refractivity contribution in [3.8, 4) is 0 Å². The van der Waals surface area contributed by atoms with Gasteiger partial charge >= 0.3 is 0 Å². The van der Waals surface area contributed by atoms with E-state index >= 15 is 0 Å². The van der Waals surface area contributed by atoms with Gasteiger partial charge in [0.25, 0.3) is 11.8 Å². The Kier molecular flexibility index (Phi) is 8.72. The van der Waals surface area contributed by atoms with E-state index in [1.165, 1.54) is 23.1 Å². The van der Waals surface area contributed by atoms with Crippen LogP contribution in [0.2, 0.25) is 0 Å². The summed E-state index contributed by atoms with van der Waals surface area (Å²) in [6, 6.07) is 34.0. The molecule has 0 aliphatic heterocycles. The predicted molar refractivity (Wildman–Crippen MR) is 181 cm³/mol. The molecule has 0 saturated carbocycles. The molecule has 2 N–H and O–H groups in total. The van der Waals surface area contributed by atoms with Gasteiger partial charge in [-0.3, -0.25) is 19.0 Å². The van der Waals surface area contributed by atoms with Crippen LogP contribution >= 0.6 is 23.1 Å². The van der Waals surface area contributed by atoms with Crippen molar-refractivity contribution >= 4 is 74.4 Å². The van der Waals surface area contributed by atoms with Gasteiger partial charge in [0.15, 0.2) is 0 Å². The summed E-state index contributed by atoms with van der Waals surface area (Å²) in [6.45, 7) is 2.02. The van der Waals surface area contributed by atoms with E-state index in [4.69, 9.17) is 0 Å². The van der Waals surface area contributed by atoms with E-state index in [2.05, 4.69) is 22.8 Å². The van der Waals surface area contributed by atoms with Gasteiger partial charge in [-0.2, -0.15) is 11.3 Å². The second kappa shape index (κ2) is 13.2. The predicted octanol–water partition coefficient (Wildman–Crippen LogP) is 8.48. The van der Waals surface area contributed by atoms with Gasteiger partial charge in [0, 0.05) is 26.9 Å². The maximum absolute atomic E-state index is 13.9. The Bertz CT molecular complexity index is 1930. The van der Waals surface area contributed by atoms with Gasteiger partial charge in [0.05, 0.1) is 16.3 Å². The Morgan fingerprint density at radius 3 is 2.07 bits per heavy atom. The smallest absolute Gasteiger partial charge is 0.272 e. The zero-order chi connectivity index (χ0) is 30.5. The molecular formula is C36H29N3O3S2. The van der Waals surface area contributed by atoms with Gasteiger partial charge < -0.3 is 10.6 Å². The molecule has 0 spiro atoms. The minimum Gasteiger partial charge on any atom is -0.321 e. The number of thiophene rings is 1. The molecule has 2 amide bonds. The van der Waals surface area contributed by atoms with Crippen molar-refractivity contribution in [3.63, 3.8) is 0 Å². The largest absolute Gasteiger partial charge is 0.321 e. The Hall–Kier alpha value is -4.92. The Balaban J connectivity index is 1.18. The molecule has 0 aliphatic carbocycles. The molecule has 0 fully saturated rings. The molecule has 0 saturated heterocycles. The van der Waals surface area contributed by atoms with Crippen molar-refractivity contribution in [1.82, 2.24) is 9.88 Å². The van der Waals surface area contributed by atoms with E-state index in [9.17, 15) is 14.4 Å². The number of carbonyl (C=O) groups is 3. The van der Waals surface area contributed by atoms with Crippen LogP contribution in [0.5, 0.6) is 0 Å². The monoisotopic (exact) mass is 615 g/mol. The fourth-order valence-electron chi connectivity index (χ4n) is 5.06. The summed E-state index contributed by atoms with van der Waals surface area (Å²) in [5, 5.41) is 11.3. The van der Waals surface area contributed by atoms with Crippen molar-refractivity contribution in [2.45, 2.75) is 23.5 Å². The van der Waals surface area contributed by atoms with Gasteiger partial charge in [0.2, 0.25) is 5.91 Å². The average molecular weight is 616 g/mol. The Morgan fingerprint density at radius 1 is 0.818 bits per heavy atom. The summed E-state index contributed by atoms with van der Waals surface area (Å²) < 4.78 is 1.84. The lowest BCUT2D eigenvalue weighted by molar-refractivity contribution is -0.113. The van der Waals surface area contributed by atoms with Crippen LogP contribution < -0.4 is 10.6 Å².